The number of pyridine rings is 1. The molecule has 3 aromatic rings. The summed E-state index contributed by atoms with van der Waals surface area (Å²) in [6, 6.07) is 12.1. The highest BCUT2D eigenvalue weighted by molar-refractivity contribution is 7.15. The number of alkyl halides is 3. The van der Waals surface area contributed by atoms with Gasteiger partial charge in [0.15, 0.2) is 5.69 Å². The summed E-state index contributed by atoms with van der Waals surface area (Å²) in [5, 5.41) is 11.0. The highest BCUT2D eigenvalue weighted by Gasteiger charge is 2.37. The van der Waals surface area contributed by atoms with E-state index in [1.165, 1.54) is 6.07 Å². The van der Waals surface area contributed by atoms with E-state index in [4.69, 9.17) is 0 Å². The molecule has 0 aliphatic carbocycles. The Labute approximate surface area is 150 Å². The van der Waals surface area contributed by atoms with Crippen LogP contribution < -0.4 is 5.32 Å². The van der Waals surface area contributed by atoms with Crippen LogP contribution in [-0.4, -0.2) is 21.1 Å². The summed E-state index contributed by atoms with van der Waals surface area (Å²) in [6.07, 6.45) is -2.34. The van der Waals surface area contributed by atoms with Crippen LogP contribution in [0.15, 0.2) is 48.7 Å². The van der Waals surface area contributed by atoms with Gasteiger partial charge >= 0.3 is 6.18 Å². The molecule has 0 fully saturated rings. The Balaban J connectivity index is 1.67. The smallest absolute Gasteiger partial charge is 0.296 e. The van der Waals surface area contributed by atoms with E-state index in [9.17, 15) is 18.0 Å². The number of aryl methyl sites for hydroxylation is 2. The zero-order chi connectivity index (χ0) is 18.6. The van der Waals surface area contributed by atoms with Gasteiger partial charge in [-0.1, -0.05) is 41.7 Å². The minimum absolute atomic E-state index is 0.148. The molecule has 26 heavy (non-hydrogen) atoms. The number of nitrogens with one attached hydrogen (secondary N) is 1. The van der Waals surface area contributed by atoms with Crippen LogP contribution in [0, 0.1) is 0 Å². The maximum Gasteiger partial charge on any atom is 0.434 e. The van der Waals surface area contributed by atoms with Gasteiger partial charge in [0.25, 0.3) is 5.91 Å². The second kappa shape index (κ2) is 7.61. The molecule has 1 aromatic carbocycles. The van der Waals surface area contributed by atoms with Gasteiger partial charge in [-0.2, -0.15) is 13.2 Å². The summed E-state index contributed by atoms with van der Waals surface area (Å²) in [5.41, 5.74) is -0.647. The van der Waals surface area contributed by atoms with E-state index in [1.807, 2.05) is 30.3 Å². The normalized spacial score (nSPS) is 11.3. The molecule has 0 aliphatic heterocycles. The summed E-state index contributed by atoms with van der Waals surface area (Å²) in [6.45, 7) is 0. The van der Waals surface area contributed by atoms with E-state index in [-0.39, 0.29) is 5.13 Å². The van der Waals surface area contributed by atoms with Gasteiger partial charge in [-0.05, 0) is 24.1 Å². The molecule has 0 atom stereocenters. The van der Waals surface area contributed by atoms with Crippen LogP contribution >= 0.6 is 11.3 Å². The zero-order valence-electron chi connectivity index (χ0n) is 13.3. The fourth-order valence-corrected chi connectivity index (χ4v) is 3.01. The first-order valence-corrected chi connectivity index (χ1v) is 8.45. The first-order valence-electron chi connectivity index (χ1n) is 7.63. The minimum atomic E-state index is -4.71. The molecule has 134 valence electrons. The number of anilines is 1. The Morgan fingerprint density at radius 3 is 2.54 bits per heavy atom. The standard InChI is InChI=1S/C17H13F3N4OS/c18-17(19,20)14-12(7-4-10-21-14)15(25)22-16-24-23-13(26-16)9-8-11-5-2-1-3-6-11/h1-7,10H,8-9H2,(H,22,24,25). The molecule has 0 unspecified atom stereocenters. The molecule has 0 aliphatic rings. The molecule has 3 rings (SSSR count). The van der Waals surface area contributed by atoms with Gasteiger partial charge < -0.3 is 0 Å². The maximum atomic E-state index is 12.9. The number of aromatic nitrogens is 3. The number of hydrogen-bond acceptors (Lipinski definition) is 5. The topological polar surface area (TPSA) is 67.8 Å². The lowest BCUT2D eigenvalue weighted by atomic mass is 10.1. The van der Waals surface area contributed by atoms with Crippen LogP contribution in [0.4, 0.5) is 18.3 Å². The molecule has 1 amide bonds. The van der Waals surface area contributed by atoms with Crippen LogP contribution in [0.25, 0.3) is 0 Å². The fourth-order valence-electron chi connectivity index (χ4n) is 2.28. The number of hydrogen-bond donors (Lipinski definition) is 1. The molecule has 0 saturated heterocycles. The lowest BCUT2D eigenvalue weighted by Crippen LogP contribution is -2.20. The molecular formula is C17H13F3N4OS. The summed E-state index contributed by atoms with van der Waals surface area (Å²) >= 11 is 1.13. The van der Waals surface area contributed by atoms with Crippen molar-refractivity contribution in [2.24, 2.45) is 0 Å². The molecule has 0 spiro atoms. The predicted octanol–water partition coefficient (Wildman–Crippen LogP) is 3.99. The second-order valence-electron chi connectivity index (χ2n) is 5.34. The molecule has 0 saturated carbocycles. The average Bonchev–Trinajstić information content (AvgIpc) is 3.07. The highest BCUT2D eigenvalue weighted by Crippen LogP contribution is 2.30. The third-order valence-electron chi connectivity index (χ3n) is 3.48. The number of carbonyl (C=O) groups is 1. The first kappa shape index (κ1) is 18.0. The van der Waals surface area contributed by atoms with Gasteiger partial charge in [-0.15, -0.1) is 10.2 Å². The Hall–Kier alpha value is -2.81. The zero-order valence-corrected chi connectivity index (χ0v) is 14.1. The van der Waals surface area contributed by atoms with E-state index < -0.39 is 23.3 Å². The Bertz CT molecular complexity index is 896. The summed E-state index contributed by atoms with van der Waals surface area (Å²) in [7, 11) is 0. The second-order valence-corrected chi connectivity index (χ2v) is 6.40. The van der Waals surface area contributed by atoms with Crippen LogP contribution in [0.5, 0.6) is 0 Å². The minimum Gasteiger partial charge on any atom is -0.296 e. The van der Waals surface area contributed by atoms with Crippen LogP contribution in [-0.2, 0) is 19.0 Å². The number of carbonyl (C=O) groups excluding carboxylic acids is 1. The van der Waals surface area contributed by atoms with Gasteiger partial charge in [0, 0.05) is 12.6 Å². The van der Waals surface area contributed by atoms with Gasteiger partial charge in [0.05, 0.1) is 5.56 Å². The average molecular weight is 378 g/mol. The fraction of sp³-hybridized carbons (Fsp3) is 0.176. The van der Waals surface area contributed by atoms with Crippen molar-refractivity contribution in [1.82, 2.24) is 15.2 Å². The van der Waals surface area contributed by atoms with Crippen molar-refractivity contribution in [1.29, 1.82) is 0 Å². The third kappa shape index (κ3) is 4.42. The molecule has 1 N–H and O–H groups in total. The van der Waals surface area contributed by atoms with Crippen molar-refractivity contribution in [2.75, 3.05) is 5.32 Å². The van der Waals surface area contributed by atoms with Crippen molar-refractivity contribution in [3.05, 3.63) is 70.5 Å². The number of amides is 1. The molecule has 2 heterocycles. The first-order chi connectivity index (χ1) is 12.4. The SMILES string of the molecule is O=C(Nc1nnc(CCc2ccccc2)s1)c1cccnc1C(F)(F)F. The van der Waals surface area contributed by atoms with Crippen molar-refractivity contribution in [3.63, 3.8) is 0 Å². The lowest BCUT2D eigenvalue weighted by molar-refractivity contribution is -0.141. The van der Waals surface area contributed by atoms with Crippen LogP contribution in [0.2, 0.25) is 0 Å². The van der Waals surface area contributed by atoms with Gasteiger partial charge in [-0.25, -0.2) is 0 Å². The Morgan fingerprint density at radius 1 is 1.04 bits per heavy atom. The maximum absolute atomic E-state index is 12.9. The molecule has 2 aromatic heterocycles. The van der Waals surface area contributed by atoms with Crippen LogP contribution in [0.3, 0.4) is 0 Å². The molecule has 9 heteroatoms. The van der Waals surface area contributed by atoms with E-state index >= 15 is 0 Å². The van der Waals surface area contributed by atoms with Gasteiger partial charge in [0.2, 0.25) is 5.13 Å². The van der Waals surface area contributed by atoms with Crippen molar-refractivity contribution in [3.8, 4) is 0 Å². The van der Waals surface area contributed by atoms with E-state index in [1.54, 1.807) is 0 Å². The number of halogens is 3. The Kier molecular flexibility index (Phi) is 5.27. The summed E-state index contributed by atoms with van der Waals surface area (Å²) < 4.78 is 38.8. The van der Waals surface area contributed by atoms with Crippen LogP contribution in [0.1, 0.15) is 26.6 Å². The third-order valence-corrected chi connectivity index (χ3v) is 4.38. The monoisotopic (exact) mass is 378 g/mol. The molecule has 0 bridgehead atoms. The number of benzene rings is 1. The number of rotatable bonds is 5. The number of nitrogens with zero attached hydrogens (tertiary/aromatic N) is 3. The largest absolute Gasteiger partial charge is 0.434 e. The molecule has 0 radical (unpaired) electrons. The Morgan fingerprint density at radius 2 is 1.81 bits per heavy atom. The van der Waals surface area contributed by atoms with E-state index in [2.05, 4.69) is 20.5 Å². The lowest BCUT2D eigenvalue weighted by Gasteiger charge is -2.10. The highest BCUT2D eigenvalue weighted by atomic mass is 32.1. The molecule has 5 nitrogen and oxygen atoms in total. The van der Waals surface area contributed by atoms with Gasteiger partial charge in [-0.3, -0.25) is 15.1 Å². The van der Waals surface area contributed by atoms with Gasteiger partial charge in [0.1, 0.15) is 5.01 Å². The van der Waals surface area contributed by atoms with Crippen molar-refractivity contribution < 1.29 is 18.0 Å². The van der Waals surface area contributed by atoms with Crippen molar-refractivity contribution in [2.45, 2.75) is 19.0 Å². The molecular weight excluding hydrogens is 365 g/mol. The summed E-state index contributed by atoms with van der Waals surface area (Å²) in [5.74, 6) is -0.920. The van der Waals surface area contributed by atoms with E-state index in [0.717, 1.165) is 35.6 Å². The predicted molar refractivity (Wildman–Crippen MR) is 91.0 cm³/mol. The van der Waals surface area contributed by atoms with Crippen molar-refractivity contribution >= 4 is 22.4 Å². The summed E-state index contributed by atoms with van der Waals surface area (Å²) in [4.78, 5) is 15.4. The quantitative estimate of drug-likeness (QED) is 0.729. The van der Waals surface area contributed by atoms with E-state index in [0.29, 0.717) is 11.4 Å².